The molecule has 0 aliphatic carbocycles. The van der Waals surface area contributed by atoms with Crippen LogP contribution in [0.2, 0.25) is 0 Å². The number of nitrogens with one attached hydrogen (secondary N) is 1. The minimum Gasteiger partial charge on any atom is -0.444 e. The van der Waals surface area contributed by atoms with Gasteiger partial charge in [-0.05, 0) is 18.4 Å². The molecule has 0 spiro atoms. The van der Waals surface area contributed by atoms with Crippen molar-refractivity contribution in [2.24, 2.45) is 0 Å². The number of hydrogen-bond acceptors (Lipinski definition) is 3. The molecule has 1 N–H and O–H groups in total. The topological polar surface area (TPSA) is 41.6 Å². The van der Waals surface area contributed by atoms with Gasteiger partial charge in [-0.15, -0.1) is 0 Å². The first-order chi connectivity index (χ1) is 8.84. The third-order valence-electron chi connectivity index (χ3n) is 3.07. The van der Waals surface area contributed by atoms with Crippen LogP contribution in [0.25, 0.3) is 0 Å². The molecule has 0 saturated carbocycles. The van der Waals surface area contributed by atoms with Gasteiger partial charge in [0.05, 0.1) is 0 Å². The van der Waals surface area contributed by atoms with Crippen LogP contribution in [0.3, 0.4) is 0 Å². The number of nitrogens with zero attached hydrogens (tertiary/aromatic N) is 1. The van der Waals surface area contributed by atoms with E-state index in [2.05, 4.69) is 5.43 Å². The third-order valence-corrected chi connectivity index (χ3v) is 3.07. The molecule has 1 aliphatic rings. The fraction of sp³-hybridized carbons (Fsp3) is 0.500. The SMILES string of the molecule is O=C(NN1CCCCCC1)OCc1ccccc1. The Bertz CT molecular complexity index is 359. The molecule has 4 heteroatoms. The maximum atomic E-state index is 11.6. The zero-order valence-corrected chi connectivity index (χ0v) is 10.6. The van der Waals surface area contributed by atoms with E-state index in [4.69, 9.17) is 4.74 Å². The molecule has 0 atom stereocenters. The average molecular weight is 248 g/mol. The van der Waals surface area contributed by atoms with Gasteiger partial charge in [-0.3, -0.25) is 5.43 Å². The lowest BCUT2D eigenvalue weighted by Crippen LogP contribution is -2.42. The van der Waals surface area contributed by atoms with Crippen LogP contribution >= 0.6 is 0 Å². The van der Waals surface area contributed by atoms with Crippen LogP contribution in [0, 0.1) is 0 Å². The Morgan fingerprint density at radius 3 is 2.44 bits per heavy atom. The van der Waals surface area contributed by atoms with Crippen molar-refractivity contribution in [2.75, 3.05) is 13.1 Å². The highest BCUT2D eigenvalue weighted by Crippen LogP contribution is 2.07. The van der Waals surface area contributed by atoms with Gasteiger partial charge < -0.3 is 4.74 Å². The Balaban J connectivity index is 1.71. The molecule has 18 heavy (non-hydrogen) atoms. The molecule has 1 aromatic carbocycles. The minimum atomic E-state index is -0.360. The van der Waals surface area contributed by atoms with Gasteiger partial charge in [0.2, 0.25) is 0 Å². The van der Waals surface area contributed by atoms with Crippen LogP contribution in [-0.2, 0) is 11.3 Å². The van der Waals surface area contributed by atoms with Gasteiger partial charge in [-0.1, -0.05) is 43.2 Å². The normalized spacial score (nSPS) is 16.9. The molecule has 0 unspecified atom stereocenters. The number of benzene rings is 1. The van der Waals surface area contributed by atoms with Gasteiger partial charge >= 0.3 is 6.09 Å². The first kappa shape index (κ1) is 12.9. The van der Waals surface area contributed by atoms with Gasteiger partial charge in [-0.25, -0.2) is 9.80 Å². The monoisotopic (exact) mass is 248 g/mol. The van der Waals surface area contributed by atoms with E-state index >= 15 is 0 Å². The summed E-state index contributed by atoms with van der Waals surface area (Å²) in [6.45, 7) is 2.15. The second-order valence-corrected chi connectivity index (χ2v) is 4.57. The van der Waals surface area contributed by atoms with Gasteiger partial charge in [0, 0.05) is 13.1 Å². The second-order valence-electron chi connectivity index (χ2n) is 4.57. The minimum absolute atomic E-state index is 0.320. The molecule has 1 heterocycles. The number of carbonyl (C=O) groups is 1. The fourth-order valence-corrected chi connectivity index (χ4v) is 2.07. The van der Waals surface area contributed by atoms with Gasteiger partial charge in [0.25, 0.3) is 0 Å². The van der Waals surface area contributed by atoms with E-state index in [0.717, 1.165) is 31.5 Å². The van der Waals surface area contributed by atoms with Crippen molar-refractivity contribution in [3.05, 3.63) is 35.9 Å². The maximum Gasteiger partial charge on any atom is 0.422 e. The molecule has 1 saturated heterocycles. The van der Waals surface area contributed by atoms with Crippen molar-refractivity contribution in [2.45, 2.75) is 32.3 Å². The first-order valence-electron chi connectivity index (χ1n) is 6.57. The molecule has 1 aromatic rings. The van der Waals surface area contributed by atoms with Crippen molar-refractivity contribution in [1.29, 1.82) is 0 Å². The Kier molecular flexibility index (Phi) is 5.02. The van der Waals surface area contributed by atoms with Crippen molar-refractivity contribution in [3.8, 4) is 0 Å². The molecule has 1 amide bonds. The zero-order valence-electron chi connectivity index (χ0n) is 10.6. The van der Waals surface area contributed by atoms with E-state index in [9.17, 15) is 4.79 Å². The van der Waals surface area contributed by atoms with Crippen LogP contribution in [-0.4, -0.2) is 24.2 Å². The summed E-state index contributed by atoms with van der Waals surface area (Å²) in [6, 6.07) is 9.70. The number of carbonyl (C=O) groups excluding carboxylic acids is 1. The molecular weight excluding hydrogens is 228 g/mol. The highest BCUT2D eigenvalue weighted by Gasteiger charge is 2.12. The molecule has 1 aliphatic heterocycles. The molecule has 1 fully saturated rings. The largest absolute Gasteiger partial charge is 0.444 e. The highest BCUT2D eigenvalue weighted by molar-refractivity contribution is 5.66. The Morgan fingerprint density at radius 1 is 1.11 bits per heavy atom. The van der Waals surface area contributed by atoms with Crippen LogP contribution in [0.15, 0.2) is 30.3 Å². The van der Waals surface area contributed by atoms with Crippen LogP contribution in [0.1, 0.15) is 31.2 Å². The maximum absolute atomic E-state index is 11.6. The Labute approximate surface area is 108 Å². The summed E-state index contributed by atoms with van der Waals surface area (Å²) < 4.78 is 5.18. The summed E-state index contributed by atoms with van der Waals surface area (Å²) in [7, 11) is 0. The molecule has 2 rings (SSSR count). The zero-order chi connectivity index (χ0) is 12.6. The first-order valence-corrected chi connectivity index (χ1v) is 6.57. The predicted molar refractivity (Wildman–Crippen MR) is 69.8 cm³/mol. The molecule has 0 radical (unpaired) electrons. The number of amides is 1. The Morgan fingerprint density at radius 2 is 1.78 bits per heavy atom. The predicted octanol–water partition coefficient (Wildman–Crippen LogP) is 2.70. The van der Waals surface area contributed by atoms with E-state index in [-0.39, 0.29) is 6.09 Å². The van der Waals surface area contributed by atoms with Crippen LogP contribution in [0.5, 0.6) is 0 Å². The summed E-state index contributed by atoms with van der Waals surface area (Å²) in [6.07, 6.45) is 4.41. The van der Waals surface area contributed by atoms with Crippen molar-refractivity contribution >= 4 is 6.09 Å². The lowest BCUT2D eigenvalue weighted by Gasteiger charge is -2.20. The summed E-state index contributed by atoms with van der Waals surface area (Å²) in [5, 5.41) is 1.96. The van der Waals surface area contributed by atoms with E-state index in [1.807, 2.05) is 35.3 Å². The number of ether oxygens (including phenoxy) is 1. The van der Waals surface area contributed by atoms with E-state index < -0.39 is 0 Å². The van der Waals surface area contributed by atoms with Gasteiger partial charge in [0.1, 0.15) is 6.61 Å². The average Bonchev–Trinajstić information content (AvgIpc) is 2.66. The molecule has 4 nitrogen and oxygen atoms in total. The lowest BCUT2D eigenvalue weighted by atomic mass is 10.2. The smallest absolute Gasteiger partial charge is 0.422 e. The van der Waals surface area contributed by atoms with Crippen molar-refractivity contribution < 1.29 is 9.53 Å². The highest BCUT2D eigenvalue weighted by atomic mass is 16.6. The van der Waals surface area contributed by atoms with Crippen LogP contribution < -0.4 is 5.43 Å². The fourth-order valence-electron chi connectivity index (χ4n) is 2.07. The van der Waals surface area contributed by atoms with Crippen molar-refractivity contribution in [3.63, 3.8) is 0 Å². The summed E-state index contributed by atoms with van der Waals surface area (Å²) in [4.78, 5) is 11.6. The van der Waals surface area contributed by atoms with Crippen molar-refractivity contribution in [1.82, 2.24) is 10.4 Å². The molecular formula is C14H20N2O2. The third kappa shape index (κ3) is 4.37. The second kappa shape index (κ2) is 7.01. The number of hydrogen-bond donors (Lipinski definition) is 1. The summed E-state index contributed by atoms with van der Waals surface area (Å²) >= 11 is 0. The molecule has 0 aromatic heterocycles. The van der Waals surface area contributed by atoms with E-state index in [1.54, 1.807) is 0 Å². The molecule has 0 bridgehead atoms. The quantitative estimate of drug-likeness (QED) is 0.894. The lowest BCUT2D eigenvalue weighted by molar-refractivity contribution is 0.101. The Hall–Kier alpha value is -1.55. The van der Waals surface area contributed by atoms with Crippen LogP contribution in [0.4, 0.5) is 4.79 Å². The van der Waals surface area contributed by atoms with E-state index in [1.165, 1.54) is 12.8 Å². The number of rotatable bonds is 3. The van der Waals surface area contributed by atoms with E-state index in [0.29, 0.717) is 6.61 Å². The van der Waals surface area contributed by atoms with Gasteiger partial charge in [-0.2, -0.15) is 0 Å². The standard InChI is InChI=1S/C14H20N2O2/c17-14(15-16-10-6-1-2-7-11-16)18-12-13-8-4-3-5-9-13/h3-5,8-9H,1-2,6-7,10-12H2,(H,15,17). The van der Waals surface area contributed by atoms with Gasteiger partial charge in [0.15, 0.2) is 0 Å². The molecule has 98 valence electrons. The summed E-state index contributed by atoms with van der Waals surface area (Å²) in [5.41, 5.74) is 3.80. The number of hydrazine groups is 1. The summed E-state index contributed by atoms with van der Waals surface area (Å²) in [5.74, 6) is 0.